The molecule has 2 heterocycles. The van der Waals surface area contributed by atoms with Crippen LogP contribution in [0.25, 0.3) is 0 Å². The van der Waals surface area contributed by atoms with E-state index in [2.05, 4.69) is 0 Å². The summed E-state index contributed by atoms with van der Waals surface area (Å²) in [5.41, 5.74) is 6.90. The van der Waals surface area contributed by atoms with Crippen molar-refractivity contribution in [2.75, 3.05) is 6.54 Å². The Morgan fingerprint density at radius 3 is 2.82 bits per heavy atom. The highest BCUT2D eigenvalue weighted by atomic mass is 16.3. The van der Waals surface area contributed by atoms with E-state index in [4.69, 9.17) is 10.2 Å². The van der Waals surface area contributed by atoms with Crippen molar-refractivity contribution >= 4 is 5.91 Å². The van der Waals surface area contributed by atoms with Crippen LogP contribution in [0.4, 0.5) is 0 Å². The van der Waals surface area contributed by atoms with E-state index in [1.54, 1.807) is 0 Å². The minimum Gasteiger partial charge on any atom is -0.466 e. The Bertz CT molecular complexity index is 425. The summed E-state index contributed by atoms with van der Waals surface area (Å²) in [6, 6.07) is 1.72. The van der Waals surface area contributed by atoms with E-state index in [-0.39, 0.29) is 18.0 Å². The molecule has 1 amide bonds. The molecule has 1 aliphatic heterocycles. The molecule has 1 aromatic rings. The normalized spacial score (nSPS) is 22.9. The molecule has 1 aromatic heterocycles. The van der Waals surface area contributed by atoms with Crippen LogP contribution in [-0.4, -0.2) is 23.4 Å². The summed E-state index contributed by atoms with van der Waals surface area (Å²) >= 11 is 0. The summed E-state index contributed by atoms with van der Waals surface area (Å²) in [5, 5.41) is 0. The zero-order valence-corrected chi connectivity index (χ0v) is 10.7. The number of piperidine rings is 1. The summed E-state index contributed by atoms with van der Waals surface area (Å²) < 4.78 is 5.52. The van der Waals surface area contributed by atoms with Crippen LogP contribution in [-0.2, 0) is 4.79 Å². The average molecular weight is 236 g/mol. The molecule has 2 rings (SSSR count). The Morgan fingerprint density at radius 2 is 2.24 bits per heavy atom. The molecule has 0 spiro atoms. The molecule has 0 radical (unpaired) electrons. The molecule has 0 aliphatic carbocycles. The van der Waals surface area contributed by atoms with Crippen molar-refractivity contribution < 1.29 is 9.21 Å². The third-order valence-electron chi connectivity index (χ3n) is 3.51. The maximum absolute atomic E-state index is 12.0. The highest BCUT2D eigenvalue weighted by Crippen LogP contribution is 2.28. The second kappa shape index (κ2) is 4.53. The van der Waals surface area contributed by atoms with Crippen LogP contribution in [0.15, 0.2) is 10.5 Å². The van der Waals surface area contributed by atoms with Gasteiger partial charge in [-0.3, -0.25) is 4.79 Å². The molecule has 1 saturated heterocycles. The summed E-state index contributed by atoms with van der Waals surface area (Å²) in [5.74, 6) is 1.84. The molecule has 1 fully saturated rings. The lowest BCUT2D eigenvalue weighted by atomic mass is 10.0. The molecule has 2 N–H and O–H groups in total. The molecule has 2 atom stereocenters. The maximum atomic E-state index is 12.0. The first-order valence-corrected chi connectivity index (χ1v) is 6.13. The van der Waals surface area contributed by atoms with Crippen molar-refractivity contribution in [2.24, 2.45) is 5.73 Å². The Hall–Kier alpha value is -1.29. The molecule has 2 unspecified atom stereocenters. The van der Waals surface area contributed by atoms with Gasteiger partial charge < -0.3 is 15.1 Å². The number of hydrogen-bond donors (Lipinski definition) is 1. The molecule has 4 nitrogen and oxygen atoms in total. The van der Waals surface area contributed by atoms with E-state index in [9.17, 15) is 4.79 Å². The number of nitrogens with two attached hydrogens (primary N) is 1. The minimum atomic E-state index is -0.334. The molecular formula is C13H20N2O2. The van der Waals surface area contributed by atoms with Crippen LogP contribution >= 0.6 is 0 Å². The molecule has 4 heteroatoms. The largest absolute Gasteiger partial charge is 0.466 e. The SMILES string of the molecule is Cc1cc(C(C)N2CCCC(N)C2=O)c(C)o1. The molecule has 94 valence electrons. The predicted molar refractivity (Wildman–Crippen MR) is 65.5 cm³/mol. The van der Waals surface area contributed by atoms with Crippen LogP contribution in [0.3, 0.4) is 0 Å². The Balaban J connectivity index is 2.22. The van der Waals surface area contributed by atoms with Gasteiger partial charge in [0.25, 0.3) is 0 Å². The Morgan fingerprint density at radius 1 is 1.53 bits per heavy atom. The first kappa shape index (κ1) is 12.2. The highest BCUT2D eigenvalue weighted by molar-refractivity contribution is 5.82. The van der Waals surface area contributed by atoms with E-state index >= 15 is 0 Å². The van der Waals surface area contributed by atoms with Gasteiger partial charge >= 0.3 is 0 Å². The molecule has 0 saturated carbocycles. The number of rotatable bonds is 2. The minimum absolute atomic E-state index is 0.0475. The highest BCUT2D eigenvalue weighted by Gasteiger charge is 2.30. The topological polar surface area (TPSA) is 59.5 Å². The second-order valence-corrected chi connectivity index (χ2v) is 4.82. The predicted octanol–water partition coefficient (Wildman–Crippen LogP) is 1.91. The van der Waals surface area contributed by atoms with Crippen LogP contribution in [0.1, 0.15) is 42.9 Å². The van der Waals surface area contributed by atoms with Crippen LogP contribution in [0.2, 0.25) is 0 Å². The van der Waals surface area contributed by atoms with E-state index in [1.807, 2.05) is 31.7 Å². The third kappa shape index (κ3) is 2.22. The van der Waals surface area contributed by atoms with E-state index in [1.165, 1.54) is 0 Å². The molecule has 0 bridgehead atoms. The number of likely N-dealkylation sites (tertiary alicyclic amines) is 1. The van der Waals surface area contributed by atoms with Gasteiger partial charge in [0.1, 0.15) is 11.5 Å². The quantitative estimate of drug-likeness (QED) is 0.853. The fourth-order valence-corrected chi connectivity index (χ4v) is 2.55. The first-order valence-electron chi connectivity index (χ1n) is 6.13. The van der Waals surface area contributed by atoms with Crippen LogP contribution in [0, 0.1) is 13.8 Å². The summed E-state index contributed by atoms with van der Waals surface area (Å²) in [6.45, 7) is 6.69. The summed E-state index contributed by atoms with van der Waals surface area (Å²) in [7, 11) is 0. The number of nitrogens with zero attached hydrogens (tertiary/aromatic N) is 1. The van der Waals surface area contributed by atoms with Gasteiger partial charge in [-0.05, 0) is 39.7 Å². The van der Waals surface area contributed by atoms with E-state index < -0.39 is 0 Å². The first-order chi connectivity index (χ1) is 8.00. The number of aryl methyl sites for hydroxylation is 2. The maximum Gasteiger partial charge on any atom is 0.239 e. The van der Waals surface area contributed by atoms with Gasteiger partial charge in [0.05, 0.1) is 12.1 Å². The van der Waals surface area contributed by atoms with Gasteiger partial charge in [-0.15, -0.1) is 0 Å². The summed E-state index contributed by atoms with van der Waals surface area (Å²) in [6.07, 6.45) is 1.78. The lowest BCUT2D eigenvalue weighted by Gasteiger charge is -2.35. The van der Waals surface area contributed by atoms with Gasteiger partial charge in [-0.25, -0.2) is 0 Å². The van der Waals surface area contributed by atoms with Crippen molar-refractivity contribution in [3.8, 4) is 0 Å². The summed E-state index contributed by atoms with van der Waals surface area (Å²) in [4.78, 5) is 13.9. The average Bonchev–Trinajstić information content (AvgIpc) is 2.61. The molecule has 0 aromatic carbocycles. The van der Waals surface area contributed by atoms with Crippen molar-refractivity contribution in [2.45, 2.75) is 45.7 Å². The lowest BCUT2D eigenvalue weighted by molar-refractivity contribution is -0.137. The smallest absolute Gasteiger partial charge is 0.239 e. The number of carbonyl (C=O) groups excluding carboxylic acids is 1. The number of carbonyl (C=O) groups is 1. The van der Waals surface area contributed by atoms with Crippen molar-refractivity contribution in [3.05, 3.63) is 23.2 Å². The van der Waals surface area contributed by atoms with Crippen molar-refractivity contribution in [1.82, 2.24) is 4.90 Å². The lowest BCUT2D eigenvalue weighted by Crippen LogP contribution is -2.49. The van der Waals surface area contributed by atoms with Crippen LogP contribution in [0.5, 0.6) is 0 Å². The zero-order chi connectivity index (χ0) is 12.6. The fraction of sp³-hybridized carbons (Fsp3) is 0.615. The standard InChI is InChI=1S/C13H20N2O2/c1-8-7-11(10(3)17-8)9(2)15-6-4-5-12(14)13(15)16/h7,9,12H,4-6,14H2,1-3H3. The number of amides is 1. The molecule has 1 aliphatic rings. The van der Waals surface area contributed by atoms with Crippen molar-refractivity contribution in [3.63, 3.8) is 0 Å². The van der Waals surface area contributed by atoms with Gasteiger partial charge in [0.15, 0.2) is 0 Å². The molecular weight excluding hydrogens is 216 g/mol. The van der Waals surface area contributed by atoms with Crippen molar-refractivity contribution in [1.29, 1.82) is 0 Å². The zero-order valence-electron chi connectivity index (χ0n) is 10.7. The molecule has 17 heavy (non-hydrogen) atoms. The van der Waals surface area contributed by atoms with Gasteiger partial charge in [0, 0.05) is 12.1 Å². The number of hydrogen-bond acceptors (Lipinski definition) is 3. The Labute approximate surface area is 102 Å². The van der Waals surface area contributed by atoms with Gasteiger partial charge in [-0.2, -0.15) is 0 Å². The van der Waals surface area contributed by atoms with E-state index in [0.717, 1.165) is 36.5 Å². The van der Waals surface area contributed by atoms with Gasteiger partial charge in [0.2, 0.25) is 5.91 Å². The fourth-order valence-electron chi connectivity index (χ4n) is 2.55. The van der Waals surface area contributed by atoms with Crippen LogP contribution < -0.4 is 5.73 Å². The van der Waals surface area contributed by atoms with E-state index in [0.29, 0.717) is 0 Å². The number of furan rings is 1. The third-order valence-corrected chi connectivity index (χ3v) is 3.51. The second-order valence-electron chi connectivity index (χ2n) is 4.82. The van der Waals surface area contributed by atoms with Gasteiger partial charge in [-0.1, -0.05) is 0 Å². The monoisotopic (exact) mass is 236 g/mol. The Kier molecular flexibility index (Phi) is 3.24.